The van der Waals surface area contributed by atoms with E-state index in [4.69, 9.17) is 9.84 Å². The van der Waals surface area contributed by atoms with Gasteiger partial charge in [-0.15, -0.1) is 0 Å². The zero-order valence-corrected chi connectivity index (χ0v) is 6.84. The molecule has 0 fully saturated rings. The molecule has 0 saturated heterocycles. The van der Waals surface area contributed by atoms with Crippen molar-refractivity contribution < 1.29 is 19.6 Å². The second-order valence-electron chi connectivity index (χ2n) is 2.78. The fraction of sp³-hybridized carbons (Fsp3) is 0.125. The van der Waals surface area contributed by atoms with E-state index in [0.29, 0.717) is 0 Å². The molecule has 1 N–H and O–H groups in total. The lowest BCUT2D eigenvalue weighted by Crippen LogP contribution is -2.27. The van der Waals surface area contributed by atoms with E-state index in [-0.39, 0.29) is 17.0 Å². The summed E-state index contributed by atoms with van der Waals surface area (Å²) in [5.74, 6) is -0.946. The van der Waals surface area contributed by atoms with Crippen molar-refractivity contribution in [1.82, 2.24) is 0 Å². The molecule has 0 aromatic heterocycles. The van der Waals surface area contributed by atoms with Crippen molar-refractivity contribution in [2.75, 3.05) is 0 Å². The number of nitro groups is 1. The molecule has 1 aromatic rings. The first-order chi connectivity index (χ1) is 6.61. The van der Waals surface area contributed by atoms with Gasteiger partial charge in [-0.1, -0.05) is 6.07 Å². The first kappa shape index (κ1) is 8.49. The number of aliphatic carboxylic acids is 1. The minimum atomic E-state index is -1.22. The van der Waals surface area contributed by atoms with Crippen LogP contribution in [0.3, 0.4) is 0 Å². The lowest BCUT2D eigenvalue weighted by molar-refractivity contribution is -0.386. The van der Waals surface area contributed by atoms with Crippen molar-refractivity contribution >= 4 is 11.7 Å². The maximum Gasteiger partial charge on any atom is 0.350 e. The van der Waals surface area contributed by atoms with Gasteiger partial charge in [0.2, 0.25) is 6.10 Å². The number of hydrogen-bond acceptors (Lipinski definition) is 4. The van der Waals surface area contributed by atoms with Crippen LogP contribution in [0.15, 0.2) is 18.2 Å². The van der Waals surface area contributed by atoms with Crippen molar-refractivity contribution in [2.24, 2.45) is 0 Å². The molecule has 2 rings (SSSR count). The Labute approximate surface area is 77.9 Å². The van der Waals surface area contributed by atoms with Crippen LogP contribution in [-0.4, -0.2) is 16.0 Å². The zero-order chi connectivity index (χ0) is 10.3. The summed E-state index contributed by atoms with van der Waals surface area (Å²) in [6.45, 7) is 0. The predicted molar refractivity (Wildman–Crippen MR) is 44.1 cm³/mol. The number of hydrogen-bond donors (Lipinski definition) is 1. The summed E-state index contributed by atoms with van der Waals surface area (Å²) in [5, 5.41) is 19.2. The fourth-order valence-electron chi connectivity index (χ4n) is 1.36. The highest BCUT2D eigenvalue weighted by atomic mass is 16.6. The van der Waals surface area contributed by atoms with Gasteiger partial charge in [0.05, 0.1) is 4.92 Å². The van der Waals surface area contributed by atoms with Gasteiger partial charge >= 0.3 is 5.97 Å². The van der Waals surface area contributed by atoms with Crippen LogP contribution in [0, 0.1) is 10.1 Å². The van der Waals surface area contributed by atoms with E-state index in [1.165, 1.54) is 18.2 Å². The number of benzene rings is 1. The highest BCUT2D eigenvalue weighted by molar-refractivity contribution is 5.81. The summed E-state index contributed by atoms with van der Waals surface area (Å²) in [4.78, 5) is 20.5. The van der Waals surface area contributed by atoms with Gasteiger partial charge in [0.1, 0.15) is 11.3 Å². The molecule has 1 aliphatic heterocycles. The van der Waals surface area contributed by atoms with E-state index in [1.54, 1.807) is 0 Å². The molecule has 0 radical (unpaired) electrons. The molecule has 1 aliphatic rings. The monoisotopic (exact) mass is 195 g/mol. The molecule has 0 bridgehead atoms. The maximum atomic E-state index is 10.6. The minimum Gasteiger partial charge on any atom is -0.478 e. The Morgan fingerprint density at radius 1 is 1.57 bits per heavy atom. The van der Waals surface area contributed by atoms with Gasteiger partial charge in [-0.25, -0.2) is 4.79 Å². The van der Waals surface area contributed by atoms with Gasteiger partial charge in [-0.3, -0.25) is 10.1 Å². The van der Waals surface area contributed by atoms with Gasteiger partial charge in [0.15, 0.2) is 0 Å². The van der Waals surface area contributed by atoms with Crippen molar-refractivity contribution in [3.8, 4) is 5.75 Å². The predicted octanol–water partition coefficient (Wildman–Crippen LogP) is 1.11. The average molecular weight is 195 g/mol. The van der Waals surface area contributed by atoms with Crippen LogP contribution in [0.4, 0.5) is 5.69 Å². The van der Waals surface area contributed by atoms with Gasteiger partial charge in [0.25, 0.3) is 5.69 Å². The van der Waals surface area contributed by atoms with Crippen LogP contribution in [-0.2, 0) is 4.79 Å². The molecule has 0 amide bonds. The number of ether oxygens (including phenoxy) is 1. The third kappa shape index (κ3) is 1.00. The molecule has 0 spiro atoms. The smallest absolute Gasteiger partial charge is 0.350 e. The Morgan fingerprint density at radius 2 is 2.29 bits per heavy atom. The maximum absolute atomic E-state index is 10.6. The van der Waals surface area contributed by atoms with Crippen LogP contribution in [0.25, 0.3) is 0 Å². The largest absolute Gasteiger partial charge is 0.478 e. The number of carboxylic acid groups (broad SMARTS) is 1. The van der Waals surface area contributed by atoms with Gasteiger partial charge in [-0.2, -0.15) is 0 Å². The molecule has 1 unspecified atom stereocenters. The van der Waals surface area contributed by atoms with Crippen LogP contribution >= 0.6 is 0 Å². The number of nitro benzene ring substituents is 1. The van der Waals surface area contributed by atoms with E-state index in [1.807, 2.05) is 0 Å². The van der Waals surface area contributed by atoms with Crippen molar-refractivity contribution in [3.05, 3.63) is 33.9 Å². The van der Waals surface area contributed by atoms with Crippen molar-refractivity contribution in [1.29, 1.82) is 0 Å². The Bertz CT molecular complexity index is 428. The minimum absolute atomic E-state index is 0.144. The first-order valence-corrected chi connectivity index (χ1v) is 3.78. The fourth-order valence-corrected chi connectivity index (χ4v) is 1.36. The van der Waals surface area contributed by atoms with Gasteiger partial charge in [-0.05, 0) is 6.07 Å². The van der Waals surface area contributed by atoms with Crippen LogP contribution in [0.1, 0.15) is 11.7 Å². The Hall–Kier alpha value is -2.11. The van der Waals surface area contributed by atoms with E-state index < -0.39 is 17.0 Å². The Balaban J connectivity index is 2.51. The summed E-state index contributed by atoms with van der Waals surface area (Å²) in [6.07, 6.45) is -1.20. The molecule has 14 heavy (non-hydrogen) atoms. The molecule has 0 saturated carbocycles. The number of fused-ring (bicyclic) bond motifs is 1. The molecule has 1 atom stereocenters. The van der Waals surface area contributed by atoms with E-state index >= 15 is 0 Å². The molecule has 6 heteroatoms. The SMILES string of the molecule is O=C(O)C1Oc2cccc([N+](=O)[O-])c21. The molecule has 1 aromatic carbocycles. The quantitative estimate of drug-likeness (QED) is 0.563. The summed E-state index contributed by atoms with van der Waals surface area (Å²) in [6, 6.07) is 4.22. The van der Waals surface area contributed by atoms with E-state index in [9.17, 15) is 14.9 Å². The number of carboxylic acids is 1. The van der Waals surface area contributed by atoms with Gasteiger partial charge < -0.3 is 9.84 Å². The normalized spacial score (nSPS) is 17.6. The third-order valence-electron chi connectivity index (χ3n) is 1.97. The van der Waals surface area contributed by atoms with Gasteiger partial charge in [0, 0.05) is 6.07 Å². The highest BCUT2D eigenvalue weighted by Gasteiger charge is 2.41. The van der Waals surface area contributed by atoms with E-state index in [0.717, 1.165) is 0 Å². The topological polar surface area (TPSA) is 89.7 Å². The second kappa shape index (κ2) is 2.69. The Kier molecular flexibility index (Phi) is 1.63. The number of rotatable bonds is 2. The summed E-state index contributed by atoms with van der Waals surface area (Å²) in [7, 11) is 0. The molecular formula is C8H5NO5. The van der Waals surface area contributed by atoms with Crippen LogP contribution < -0.4 is 4.74 Å². The molecule has 1 heterocycles. The summed E-state index contributed by atoms with van der Waals surface area (Å²) < 4.78 is 4.83. The molecular weight excluding hydrogens is 190 g/mol. The van der Waals surface area contributed by atoms with E-state index in [2.05, 4.69) is 0 Å². The molecule has 72 valence electrons. The van der Waals surface area contributed by atoms with Crippen molar-refractivity contribution in [2.45, 2.75) is 6.10 Å². The lowest BCUT2D eigenvalue weighted by atomic mass is 10.0. The third-order valence-corrected chi connectivity index (χ3v) is 1.97. The summed E-state index contributed by atoms with van der Waals surface area (Å²) >= 11 is 0. The zero-order valence-electron chi connectivity index (χ0n) is 6.84. The van der Waals surface area contributed by atoms with Crippen LogP contribution in [0.2, 0.25) is 0 Å². The number of nitrogens with zero attached hydrogens (tertiary/aromatic N) is 1. The highest BCUT2D eigenvalue weighted by Crippen LogP contribution is 2.44. The summed E-state index contributed by atoms with van der Waals surface area (Å²) in [5.41, 5.74) is -0.0637. The molecule has 6 nitrogen and oxygen atoms in total. The van der Waals surface area contributed by atoms with Crippen LogP contribution in [0.5, 0.6) is 5.75 Å². The average Bonchev–Trinajstić information content (AvgIpc) is 2.05. The standard InChI is InChI=1S/C8H5NO5/c10-8(11)7-6-4(9(12)13)2-1-3-5(6)14-7/h1-3,7H,(H,10,11). The first-order valence-electron chi connectivity index (χ1n) is 3.78. The molecule has 0 aliphatic carbocycles. The number of carbonyl (C=O) groups is 1. The van der Waals surface area contributed by atoms with Crippen molar-refractivity contribution in [3.63, 3.8) is 0 Å². The Morgan fingerprint density at radius 3 is 2.86 bits per heavy atom. The second-order valence-corrected chi connectivity index (χ2v) is 2.78. The lowest BCUT2D eigenvalue weighted by Gasteiger charge is -2.26.